The number of aromatic nitrogens is 2. The number of amides is 1. The molecule has 0 aromatic carbocycles. The zero-order valence-electron chi connectivity index (χ0n) is 8.93. The summed E-state index contributed by atoms with van der Waals surface area (Å²) in [6.07, 6.45) is 3.12. The summed E-state index contributed by atoms with van der Waals surface area (Å²) >= 11 is 0. The number of nitrogens with zero attached hydrogens (tertiary/aromatic N) is 3. The highest BCUT2D eigenvalue weighted by Crippen LogP contribution is 1.99. The molecule has 82 valence electrons. The van der Waals surface area contributed by atoms with Crippen molar-refractivity contribution in [2.24, 2.45) is 7.05 Å². The van der Waals surface area contributed by atoms with E-state index in [4.69, 9.17) is 0 Å². The molecule has 6 heteroatoms. The lowest BCUT2D eigenvalue weighted by atomic mass is 10.4. The average molecular weight is 211 g/mol. The fraction of sp³-hybridized carbons (Fsp3) is 0.444. The van der Waals surface area contributed by atoms with E-state index in [0.29, 0.717) is 5.69 Å². The first kappa shape index (κ1) is 11.2. The molecule has 1 aromatic rings. The molecule has 0 N–H and O–H groups in total. The molecule has 1 aromatic heterocycles. The molecule has 0 spiro atoms. The number of aryl methyl sites for hydroxylation is 1. The maximum absolute atomic E-state index is 11.7. The van der Waals surface area contributed by atoms with Crippen LogP contribution in [0.5, 0.6) is 0 Å². The van der Waals surface area contributed by atoms with Gasteiger partial charge in [0.1, 0.15) is 12.2 Å². The minimum atomic E-state index is -0.457. The van der Waals surface area contributed by atoms with E-state index in [1.54, 1.807) is 17.8 Å². The fourth-order valence-electron chi connectivity index (χ4n) is 1.05. The van der Waals surface area contributed by atoms with Crippen LogP contribution in [-0.4, -0.2) is 47.0 Å². The van der Waals surface area contributed by atoms with Crippen LogP contribution < -0.4 is 0 Å². The van der Waals surface area contributed by atoms with Gasteiger partial charge >= 0.3 is 5.97 Å². The predicted octanol–water partition coefficient (Wildman–Crippen LogP) is -0.335. The summed E-state index contributed by atoms with van der Waals surface area (Å²) in [7, 11) is 4.57. The Kier molecular flexibility index (Phi) is 3.43. The normalized spacial score (nSPS) is 9.80. The third-order valence-electron chi connectivity index (χ3n) is 1.86. The number of imidazole rings is 1. The van der Waals surface area contributed by atoms with Crippen LogP contribution in [-0.2, 0) is 16.6 Å². The van der Waals surface area contributed by atoms with Gasteiger partial charge in [-0.15, -0.1) is 0 Å². The lowest BCUT2D eigenvalue weighted by Gasteiger charge is -2.13. The molecule has 0 atom stereocenters. The average Bonchev–Trinajstić information content (AvgIpc) is 2.63. The van der Waals surface area contributed by atoms with E-state index in [2.05, 4.69) is 9.72 Å². The molecule has 0 saturated carbocycles. The van der Waals surface area contributed by atoms with E-state index in [0.717, 1.165) is 0 Å². The van der Waals surface area contributed by atoms with Crippen LogP contribution in [0.3, 0.4) is 0 Å². The van der Waals surface area contributed by atoms with E-state index >= 15 is 0 Å². The van der Waals surface area contributed by atoms with Crippen molar-refractivity contribution < 1.29 is 14.3 Å². The Morgan fingerprint density at radius 3 is 2.73 bits per heavy atom. The van der Waals surface area contributed by atoms with Gasteiger partial charge in [0.2, 0.25) is 0 Å². The highest BCUT2D eigenvalue weighted by Gasteiger charge is 2.16. The summed E-state index contributed by atoms with van der Waals surface area (Å²) in [5, 5.41) is 0. The number of hydrogen-bond donors (Lipinski definition) is 0. The minimum absolute atomic E-state index is 0.0775. The number of rotatable bonds is 3. The van der Waals surface area contributed by atoms with Crippen LogP contribution in [0.25, 0.3) is 0 Å². The molecule has 0 aliphatic rings. The zero-order valence-corrected chi connectivity index (χ0v) is 8.93. The summed E-state index contributed by atoms with van der Waals surface area (Å²) in [6, 6.07) is 0. The fourth-order valence-corrected chi connectivity index (χ4v) is 1.05. The molecule has 0 aliphatic carbocycles. The molecule has 0 bridgehead atoms. The SMILES string of the molecule is COC(=O)CN(C)C(=O)c1cn(C)cn1. The predicted molar refractivity (Wildman–Crippen MR) is 52.2 cm³/mol. The van der Waals surface area contributed by atoms with Crippen LogP contribution in [0.1, 0.15) is 10.5 Å². The Balaban J connectivity index is 2.64. The largest absolute Gasteiger partial charge is 0.468 e. The molecular weight excluding hydrogens is 198 g/mol. The Morgan fingerprint density at radius 1 is 1.60 bits per heavy atom. The number of carbonyl (C=O) groups excluding carboxylic acids is 2. The van der Waals surface area contributed by atoms with Crippen LogP contribution >= 0.6 is 0 Å². The molecular formula is C9H13N3O3. The molecule has 0 unspecified atom stereocenters. The van der Waals surface area contributed by atoms with E-state index in [-0.39, 0.29) is 12.5 Å². The summed E-state index contributed by atoms with van der Waals surface area (Å²) in [5.41, 5.74) is 0.309. The number of carbonyl (C=O) groups is 2. The highest BCUT2D eigenvalue weighted by molar-refractivity contribution is 5.93. The van der Waals surface area contributed by atoms with Crippen molar-refractivity contribution >= 4 is 11.9 Å². The lowest BCUT2D eigenvalue weighted by molar-refractivity contribution is -0.141. The van der Waals surface area contributed by atoms with Crippen molar-refractivity contribution in [2.45, 2.75) is 0 Å². The second kappa shape index (κ2) is 4.59. The zero-order chi connectivity index (χ0) is 11.4. The number of esters is 1. The summed E-state index contributed by atoms with van der Waals surface area (Å²) in [5.74, 6) is -0.761. The number of ether oxygens (including phenoxy) is 1. The Bertz CT molecular complexity index is 372. The first-order valence-electron chi connectivity index (χ1n) is 4.35. The summed E-state index contributed by atoms with van der Waals surface area (Å²) < 4.78 is 6.12. The van der Waals surface area contributed by atoms with Crippen molar-refractivity contribution in [1.82, 2.24) is 14.5 Å². The third-order valence-corrected chi connectivity index (χ3v) is 1.86. The van der Waals surface area contributed by atoms with Gasteiger partial charge in [0, 0.05) is 20.3 Å². The monoisotopic (exact) mass is 211 g/mol. The van der Waals surface area contributed by atoms with Gasteiger partial charge in [0.15, 0.2) is 0 Å². The van der Waals surface area contributed by atoms with E-state index < -0.39 is 5.97 Å². The van der Waals surface area contributed by atoms with Gasteiger partial charge in [-0.1, -0.05) is 0 Å². The van der Waals surface area contributed by atoms with Gasteiger partial charge in [0.05, 0.1) is 13.4 Å². The number of hydrogen-bond acceptors (Lipinski definition) is 4. The van der Waals surface area contributed by atoms with Gasteiger partial charge in [0.25, 0.3) is 5.91 Å². The van der Waals surface area contributed by atoms with Gasteiger partial charge in [-0.25, -0.2) is 4.98 Å². The first-order chi connectivity index (χ1) is 7.04. The number of likely N-dealkylation sites (N-methyl/N-ethyl adjacent to an activating group) is 1. The van der Waals surface area contributed by atoms with Crippen molar-refractivity contribution in [3.63, 3.8) is 0 Å². The van der Waals surface area contributed by atoms with Gasteiger partial charge in [-0.05, 0) is 0 Å². The number of methoxy groups -OCH3 is 1. The van der Waals surface area contributed by atoms with Crippen molar-refractivity contribution in [2.75, 3.05) is 20.7 Å². The molecule has 1 amide bonds. The molecule has 1 rings (SSSR count). The molecule has 0 fully saturated rings. The summed E-state index contributed by atoms with van der Waals surface area (Å²) in [6.45, 7) is -0.0775. The van der Waals surface area contributed by atoms with E-state index in [9.17, 15) is 9.59 Å². The van der Waals surface area contributed by atoms with Gasteiger partial charge < -0.3 is 14.2 Å². The maximum atomic E-state index is 11.7. The Labute approximate surface area is 87.5 Å². The van der Waals surface area contributed by atoms with Crippen LogP contribution in [0.15, 0.2) is 12.5 Å². The van der Waals surface area contributed by atoms with Crippen molar-refractivity contribution in [1.29, 1.82) is 0 Å². The van der Waals surface area contributed by atoms with Crippen molar-refractivity contribution in [3.05, 3.63) is 18.2 Å². The van der Waals surface area contributed by atoms with E-state index in [1.807, 2.05) is 0 Å². The quantitative estimate of drug-likeness (QED) is 0.642. The Morgan fingerprint density at radius 2 is 2.27 bits per heavy atom. The first-order valence-corrected chi connectivity index (χ1v) is 4.35. The van der Waals surface area contributed by atoms with Gasteiger partial charge in [-0.3, -0.25) is 9.59 Å². The molecule has 1 heterocycles. The van der Waals surface area contributed by atoms with Crippen LogP contribution in [0.2, 0.25) is 0 Å². The van der Waals surface area contributed by atoms with Crippen molar-refractivity contribution in [3.8, 4) is 0 Å². The Hall–Kier alpha value is -1.85. The molecule has 6 nitrogen and oxygen atoms in total. The summed E-state index contributed by atoms with van der Waals surface area (Å²) in [4.78, 5) is 27.7. The van der Waals surface area contributed by atoms with E-state index in [1.165, 1.54) is 25.4 Å². The highest BCUT2D eigenvalue weighted by atomic mass is 16.5. The molecule has 0 radical (unpaired) electrons. The third kappa shape index (κ3) is 2.80. The molecule has 0 saturated heterocycles. The second-order valence-corrected chi connectivity index (χ2v) is 3.16. The molecule has 0 aliphatic heterocycles. The topological polar surface area (TPSA) is 64.4 Å². The molecule has 15 heavy (non-hydrogen) atoms. The lowest BCUT2D eigenvalue weighted by Crippen LogP contribution is -2.32. The minimum Gasteiger partial charge on any atom is -0.468 e. The van der Waals surface area contributed by atoms with Gasteiger partial charge in [-0.2, -0.15) is 0 Å². The van der Waals surface area contributed by atoms with Crippen LogP contribution in [0.4, 0.5) is 0 Å². The standard InChI is InChI=1S/C9H13N3O3/c1-11-4-7(10-6-11)9(14)12(2)5-8(13)15-3/h4,6H,5H2,1-3H3. The maximum Gasteiger partial charge on any atom is 0.325 e. The second-order valence-electron chi connectivity index (χ2n) is 3.16. The van der Waals surface area contributed by atoms with Crippen LogP contribution in [0, 0.1) is 0 Å². The smallest absolute Gasteiger partial charge is 0.325 e.